The van der Waals surface area contributed by atoms with Crippen LogP contribution in [0, 0.1) is 5.82 Å². The molecule has 0 saturated heterocycles. The van der Waals surface area contributed by atoms with E-state index in [1.165, 1.54) is 34.0 Å². The van der Waals surface area contributed by atoms with Crippen LogP contribution in [0.5, 0.6) is 0 Å². The Morgan fingerprint density at radius 3 is 2.75 bits per heavy atom. The summed E-state index contributed by atoms with van der Waals surface area (Å²) in [4.78, 5) is 12.7. The largest absolute Gasteiger partial charge is 0.321 e. The van der Waals surface area contributed by atoms with E-state index in [-0.39, 0.29) is 9.77 Å². The van der Waals surface area contributed by atoms with Crippen molar-refractivity contribution in [2.45, 2.75) is 17.7 Å². The van der Waals surface area contributed by atoms with Crippen LogP contribution in [-0.4, -0.2) is 20.9 Å². The molecule has 1 N–H and O–H groups in total. The van der Waals surface area contributed by atoms with Gasteiger partial charge in [0, 0.05) is 17.6 Å². The number of fused-ring (bicyclic) bond motifs is 1. The average molecular weight is 416 g/mol. The highest BCUT2D eigenvalue weighted by Gasteiger charge is 2.30. The van der Waals surface area contributed by atoms with Crippen LogP contribution < -0.4 is 9.62 Å². The summed E-state index contributed by atoms with van der Waals surface area (Å²) in [5.74, 6) is -0.938. The molecule has 5 nitrogen and oxygen atoms in total. The number of carbonyl (C=O) groups is 1. The molecule has 3 aromatic rings. The average Bonchev–Trinajstić information content (AvgIpc) is 3.19. The first-order valence-corrected chi connectivity index (χ1v) is 11.0. The lowest BCUT2D eigenvalue weighted by molar-refractivity contribution is 0.103. The summed E-state index contributed by atoms with van der Waals surface area (Å²) >= 11 is 1.04. The normalized spacial score (nSPS) is 13.8. The number of sulfonamides is 1. The molecule has 0 aliphatic carbocycles. The van der Waals surface area contributed by atoms with Gasteiger partial charge in [-0.25, -0.2) is 12.8 Å². The molecule has 0 atom stereocenters. The van der Waals surface area contributed by atoms with Crippen molar-refractivity contribution >= 4 is 38.6 Å². The number of aryl methyl sites for hydroxylation is 1. The Hall–Kier alpha value is -2.71. The zero-order valence-electron chi connectivity index (χ0n) is 14.8. The number of hydrogen-bond donors (Lipinski definition) is 1. The van der Waals surface area contributed by atoms with Crippen LogP contribution in [0.2, 0.25) is 0 Å². The Morgan fingerprint density at radius 1 is 1.11 bits per heavy atom. The van der Waals surface area contributed by atoms with Gasteiger partial charge in [0.25, 0.3) is 15.9 Å². The second kappa shape index (κ2) is 7.37. The second-order valence-electron chi connectivity index (χ2n) is 6.42. The van der Waals surface area contributed by atoms with Crippen LogP contribution in [0.1, 0.15) is 21.7 Å². The summed E-state index contributed by atoms with van der Waals surface area (Å²) < 4.78 is 41.0. The Bertz CT molecular complexity index is 1140. The van der Waals surface area contributed by atoms with E-state index in [0.717, 1.165) is 29.7 Å². The molecule has 144 valence electrons. The van der Waals surface area contributed by atoms with Gasteiger partial charge in [0.15, 0.2) is 0 Å². The second-order valence-corrected chi connectivity index (χ2v) is 9.19. The number of carbonyl (C=O) groups excluding carboxylic acids is 1. The maximum atomic E-state index is 13.3. The van der Waals surface area contributed by atoms with Crippen molar-refractivity contribution < 1.29 is 17.6 Å². The summed E-state index contributed by atoms with van der Waals surface area (Å²) in [6, 6.07) is 14.4. The fraction of sp³-hybridized carbons (Fsp3) is 0.150. The number of nitrogens with zero attached hydrogens (tertiary/aromatic N) is 1. The zero-order valence-corrected chi connectivity index (χ0v) is 16.4. The molecule has 0 saturated carbocycles. The molecule has 1 aliphatic rings. The maximum Gasteiger partial charge on any atom is 0.265 e. The maximum absolute atomic E-state index is 13.3. The molecule has 0 fully saturated rings. The number of benzene rings is 2. The van der Waals surface area contributed by atoms with E-state index in [2.05, 4.69) is 5.32 Å². The number of nitrogens with one attached hydrogen (secondary N) is 1. The first kappa shape index (κ1) is 18.6. The van der Waals surface area contributed by atoms with E-state index in [0.29, 0.717) is 17.9 Å². The number of anilines is 2. The molecule has 0 spiro atoms. The minimum absolute atomic E-state index is 0.0820. The van der Waals surface area contributed by atoms with E-state index in [4.69, 9.17) is 0 Å². The van der Waals surface area contributed by atoms with Crippen LogP contribution in [0.4, 0.5) is 15.8 Å². The van der Waals surface area contributed by atoms with Gasteiger partial charge < -0.3 is 5.32 Å². The predicted octanol–water partition coefficient (Wildman–Crippen LogP) is 4.28. The van der Waals surface area contributed by atoms with Gasteiger partial charge in [-0.2, -0.15) is 0 Å². The number of rotatable bonds is 4. The monoisotopic (exact) mass is 416 g/mol. The van der Waals surface area contributed by atoms with Crippen LogP contribution in [0.3, 0.4) is 0 Å². The highest BCUT2D eigenvalue weighted by molar-refractivity contribution is 7.93. The van der Waals surface area contributed by atoms with Crippen LogP contribution in [0.15, 0.2) is 64.9 Å². The summed E-state index contributed by atoms with van der Waals surface area (Å²) in [7, 11) is -3.76. The standard InChI is InChI=1S/C20H17FN2O3S2/c21-15-7-3-8-16(11-15)22-20(24)19-12-17(13-27-19)28(25,26)23-10-4-6-14-5-1-2-9-18(14)23/h1-3,5,7-9,11-13H,4,6,10H2,(H,22,24). The summed E-state index contributed by atoms with van der Waals surface area (Å²) in [6.45, 7) is 0.403. The van der Waals surface area contributed by atoms with Gasteiger partial charge in [-0.1, -0.05) is 24.3 Å². The fourth-order valence-electron chi connectivity index (χ4n) is 3.21. The third-order valence-electron chi connectivity index (χ3n) is 4.54. The van der Waals surface area contributed by atoms with Crippen molar-refractivity contribution in [3.63, 3.8) is 0 Å². The SMILES string of the molecule is O=C(Nc1cccc(F)c1)c1cc(S(=O)(=O)N2CCCc3ccccc32)cs1. The fourth-order valence-corrected chi connectivity index (χ4v) is 5.91. The molecule has 1 aromatic heterocycles. The van der Waals surface area contributed by atoms with Crippen LogP contribution >= 0.6 is 11.3 Å². The lowest BCUT2D eigenvalue weighted by atomic mass is 10.0. The van der Waals surface area contributed by atoms with Crippen LogP contribution in [0.25, 0.3) is 0 Å². The summed E-state index contributed by atoms with van der Waals surface area (Å²) in [5.41, 5.74) is 2.00. The lowest BCUT2D eigenvalue weighted by Gasteiger charge is -2.30. The molecule has 1 aliphatic heterocycles. The molecule has 2 heterocycles. The molecule has 28 heavy (non-hydrogen) atoms. The molecular weight excluding hydrogens is 399 g/mol. The first-order chi connectivity index (χ1) is 13.4. The smallest absolute Gasteiger partial charge is 0.265 e. The molecule has 2 aromatic carbocycles. The minimum atomic E-state index is -3.76. The van der Waals surface area contributed by atoms with E-state index in [1.54, 1.807) is 12.1 Å². The van der Waals surface area contributed by atoms with Crippen molar-refractivity contribution in [3.05, 3.63) is 76.2 Å². The number of hydrogen-bond acceptors (Lipinski definition) is 4. The van der Waals surface area contributed by atoms with E-state index in [1.807, 2.05) is 18.2 Å². The molecule has 4 rings (SSSR count). The van der Waals surface area contributed by atoms with Crippen molar-refractivity contribution in [1.29, 1.82) is 0 Å². The number of halogens is 1. The Kier molecular flexibility index (Phi) is 4.91. The Labute approximate surface area is 166 Å². The van der Waals surface area contributed by atoms with Crippen molar-refractivity contribution in [2.75, 3.05) is 16.2 Å². The lowest BCUT2D eigenvalue weighted by Crippen LogP contribution is -2.35. The molecular formula is C20H17FN2O3S2. The Balaban J connectivity index is 1.59. The highest BCUT2D eigenvalue weighted by atomic mass is 32.2. The molecule has 1 amide bonds. The zero-order chi connectivity index (χ0) is 19.7. The summed E-state index contributed by atoms with van der Waals surface area (Å²) in [5, 5.41) is 4.05. The topological polar surface area (TPSA) is 66.5 Å². The number of amides is 1. The van der Waals surface area contributed by atoms with Gasteiger partial charge in [0.05, 0.1) is 15.5 Å². The minimum Gasteiger partial charge on any atom is -0.321 e. The van der Waals surface area contributed by atoms with Gasteiger partial charge in [-0.15, -0.1) is 11.3 Å². The third kappa shape index (κ3) is 3.53. The van der Waals surface area contributed by atoms with Gasteiger partial charge in [-0.05, 0) is 48.7 Å². The van der Waals surface area contributed by atoms with Crippen molar-refractivity contribution in [1.82, 2.24) is 0 Å². The molecule has 0 unspecified atom stereocenters. The van der Waals surface area contributed by atoms with Crippen LogP contribution in [-0.2, 0) is 16.4 Å². The van der Waals surface area contributed by atoms with Crippen molar-refractivity contribution in [3.8, 4) is 0 Å². The third-order valence-corrected chi connectivity index (χ3v) is 7.41. The summed E-state index contributed by atoms with van der Waals surface area (Å²) in [6.07, 6.45) is 1.58. The molecule has 0 bridgehead atoms. The van der Waals surface area contributed by atoms with E-state index < -0.39 is 21.7 Å². The van der Waals surface area contributed by atoms with Crippen molar-refractivity contribution in [2.24, 2.45) is 0 Å². The van der Waals surface area contributed by atoms with E-state index in [9.17, 15) is 17.6 Å². The molecule has 0 radical (unpaired) electrons. The quantitative estimate of drug-likeness (QED) is 0.690. The van der Waals surface area contributed by atoms with Gasteiger partial charge in [0.2, 0.25) is 0 Å². The Morgan fingerprint density at radius 2 is 1.93 bits per heavy atom. The van der Waals surface area contributed by atoms with Gasteiger partial charge in [-0.3, -0.25) is 9.10 Å². The first-order valence-electron chi connectivity index (χ1n) is 8.71. The van der Waals surface area contributed by atoms with Gasteiger partial charge in [0.1, 0.15) is 5.82 Å². The van der Waals surface area contributed by atoms with E-state index >= 15 is 0 Å². The number of thiophene rings is 1. The highest BCUT2D eigenvalue weighted by Crippen LogP contribution is 2.33. The van der Waals surface area contributed by atoms with Gasteiger partial charge >= 0.3 is 0 Å². The number of para-hydroxylation sites is 1. The molecule has 8 heteroatoms. The predicted molar refractivity (Wildman–Crippen MR) is 108 cm³/mol.